The highest BCUT2D eigenvalue weighted by molar-refractivity contribution is 6.36. The van der Waals surface area contributed by atoms with Crippen LogP contribution in [0.4, 0.5) is 0 Å². The van der Waals surface area contributed by atoms with E-state index in [1.54, 1.807) is 19.1 Å². The van der Waals surface area contributed by atoms with E-state index in [4.69, 9.17) is 14.4 Å². The Balaban J connectivity index is 2.19. The van der Waals surface area contributed by atoms with Crippen LogP contribution in [0.5, 0.6) is 0 Å². The zero-order valence-electron chi connectivity index (χ0n) is 9.79. The number of ether oxygens (including phenoxy) is 1. The van der Waals surface area contributed by atoms with Crippen LogP contribution in [-0.4, -0.2) is 28.5 Å². The highest BCUT2D eigenvalue weighted by atomic mass is 16.5. The zero-order valence-corrected chi connectivity index (χ0v) is 9.79. The molecule has 6 nitrogen and oxygen atoms in total. The number of hydrogen-bond donors (Lipinski definition) is 1. The Morgan fingerprint density at radius 2 is 2.28 bits per heavy atom. The molecule has 2 rings (SSSR count). The molecule has 0 saturated heterocycles. The van der Waals surface area contributed by atoms with E-state index in [1.165, 1.54) is 0 Å². The second-order valence-corrected chi connectivity index (χ2v) is 3.52. The van der Waals surface area contributed by atoms with Crippen molar-refractivity contribution in [2.45, 2.75) is 13.3 Å². The van der Waals surface area contributed by atoms with Crippen LogP contribution in [0.3, 0.4) is 0 Å². The Labute approximate surface area is 103 Å². The summed E-state index contributed by atoms with van der Waals surface area (Å²) in [6.07, 6.45) is -0.00991. The van der Waals surface area contributed by atoms with Crippen molar-refractivity contribution in [3.05, 3.63) is 30.2 Å². The fourth-order valence-electron chi connectivity index (χ4n) is 1.50. The van der Waals surface area contributed by atoms with Crippen molar-refractivity contribution in [1.82, 2.24) is 4.98 Å². The second kappa shape index (κ2) is 5.31. The van der Waals surface area contributed by atoms with Gasteiger partial charge in [0.15, 0.2) is 11.3 Å². The van der Waals surface area contributed by atoms with E-state index in [1.807, 2.05) is 12.1 Å². The summed E-state index contributed by atoms with van der Waals surface area (Å²) in [7, 11) is 0. The van der Waals surface area contributed by atoms with Crippen molar-refractivity contribution in [3.8, 4) is 0 Å². The fraction of sp³-hybridized carbons (Fsp3) is 0.250. The minimum absolute atomic E-state index is 0.00991. The Kier molecular flexibility index (Phi) is 3.57. The number of oxime groups is 1. The van der Waals surface area contributed by atoms with Crippen LogP contribution in [0, 0.1) is 0 Å². The summed E-state index contributed by atoms with van der Waals surface area (Å²) in [5.41, 5.74) is 1.17. The van der Waals surface area contributed by atoms with Gasteiger partial charge in [-0.25, -0.2) is 9.78 Å². The average molecular weight is 248 g/mol. The third-order valence-corrected chi connectivity index (χ3v) is 2.29. The molecule has 0 saturated carbocycles. The molecule has 1 heterocycles. The number of benzene rings is 1. The molecule has 0 radical (unpaired) electrons. The normalized spacial score (nSPS) is 11.7. The van der Waals surface area contributed by atoms with Crippen LogP contribution in [0.25, 0.3) is 11.1 Å². The van der Waals surface area contributed by atoms with Gasteiger partial charge in [-0.2, -0.15) is 0 Å². The first-order valence-electron chi connectivity index (χ1n) is 5.47. The van der Waals surface area contributed by atoms with E-state index >= 15 is 0 Å². The van der Waals surface area contributed by atoms with Crippen LogP contribution >= 0.6 is 0 Å². The van der Waals surface area contributed by atoms with Crippen molar-refractivity contribution in [3.63, 3.8) is 0 Å². The van der Waals surface area contributed by atoms with Gasteiger partial charge < -0.3 is 14.4 Å². The molecule has 0 aliphatic heterocycles. The number of oxazole rings is 1. The molecule has 6 heteroatoms. The van der Waals surface area contributed by atoms with E-state index in [0.29, 0.717) is 17.0 Å². The molecule has 0 unspecified atom stereocenters. The van der Waals surface area contributed by atoms with E-state index in [0.717, 1.165) is 0 Å². The monoisotopic (exact) mass is 248 g/mol. The van der Waals surface area contributed by atoms with Gasteiger partial charge in [0.2, 0.25) is 5.89 Å². The minimum Gasteiger partial charge on any atom is -0.461 e. The summed E-state index contributed by atoms with van der Waals surface area (Å²) in [6, 6.07) is 7.22. The van der Waals surface area contributed by atoms with Gasteiger partial charge in [0.25, 0.3) is 0 Å². The predicted octanol–water partition coefficient (Wildman–Crippen LogP) is 1.76. The summed E-state index contributed by atoms with van der Waals surface area (Å²) in [5.74, 6) is -0.376. The SMILES string of the molecule is CCOC(=O)/C(Cc1nc2ccccc2o1)=N\O. The van der Waals surface area contributed by atoms with Gasteiger partial charge in [-0.05, 0) is 19.1 Å². The highest BCUT2D eigenvalue weighted by Crippen LogP contribution is 2.15. The molecule has 2 aromatic rings. The van der Waals surface area contributed by atoms with Crippen LogP contribution in [-0.2, 0) is 16.0 Å². The smallest absolute Gasteiger partial charge is 0.356 e. The number of hydrogen-bond acceptors (Lipinski definition) is 6. The standard InChI is InChI=1S/C12H12N2O4/c1-2-17-12(15)9(14-16)7-11-13-8-5-3-4-6-10(8)18-11/h3-6,16H,2,7H2,1H3/b14-9-. The topological polar surface area (TPSA) is 84.9 Å². The Bertz CT molecular complexity index is 556. The Hall–Kier alpha value is -2.37. The van der Waals surface area contributed by atoms with Gasteiger partial charge in [0.1, 0.15) is 5.52 Å². The lowest BCUT2D eigenvalue weighted by Gasteiger charge is -2.00. The molecule has 0 spiro atoms. The summed E-state index contributed by atoms with van der Waals surface area (Å²) < 4.78 is 10.2. The lowest BCUT2D eigenvalue weighted by Crippen LogP contribution is -2.20. The van der Waals surface area contributed by atoms with E-state index < -0.39 is 5.97 Å². The van der Waals surface area contributed by atoms with Crippen molar-refractivity contribution in [2.75, 3.05) is 6.61 Å². The van der Waals surface area contributed by atoms with Gasteiger partial charge >= 0.3 is 5.97 Å². The molecule has 94 valence electrons. The van der Waals surface area contributed by atoms with Crippen LogP contribution in [0.2, 0.25) is 0 Å². The fourth-order valence-corrected chi connectivity index (χ4v) is 1.50. The number of nitrogens with zero attached hydrogens (tertiary/aromatic N) is 2. The molecule has 1 aromatic heterocycles. The maximum Gasteiger partial charge on any atom is 0.356 e. The number of para-hydroxylation sites is 2. The van der Waals surface area contributed by atoms with Gasteiger partial charge in [-0.15, -0.1) is 0 Å². The minimum atomic E-state index is -0.678. The first-order valence-corrected chi connectivity index (χ1v) is 5.47. The predicted molar refractivity (Wildman–Crippen MR) is 63.6 cm³/mol. The molecule has 0 aliphatic carbocycles. The Morgan fingerprint density at radius 3 is 2.94 bits per heavy atom. The van der Waals surface area contributed by atoms with E-state index in [2.05, 4.69) is 10.1 Å². The number of esters is 1. The van der Waals surface area contributed by atoms with Crippen LogP contribution < -0.4 is 0 Å². The van der Waals surface area contributed by atoms with Crippen LogP contribution in [0.1, 0.15) is 12.8 Å². The number of carbonyl (C=O) groups is 1. The van der Waals surface area contributed by atoms with E-state index in [-0.39, 0.29) is 18.7 Å². The number of rotatable bonds is 4. The quantitative estimate of drug-likeness (QED) is 0.385. The first kappa shape index (κ1) is 12.1. The third kappa shape index (κ3) is 2.48. The number of aromatic nitrogens is 1. The maximum atomic E-state index is 11.4. The average Bonchev–Trinajstić information content (AvgIpc) is 2.78. The molecular formula is C12H12N2O4. The lowest BCUT2D eigenvalue weighted by atomic mass is 10.3. The lowest BCUT2D eigenvalue weighted by molar-refractivity contribution is -0.135. The molecule has 1 N–H and O–H groups in total. The molecule has 18 heavy (non-hydrogen) atoms. The summed E-state index contributed by atoms with van der Waals surface area (Å²) >= 11 is 0. The molecule has 0 aliphatic rings. The molecule has 0 bridgehead atoms. The number of carbonyl (C=O) groups excluding carboxylic acids is 1. The first-order chi connectivity index (χ1) is 8.74. The third-order valence-electron chi connectivity index (χ3n) is 2.29. The number of fused-ring (bicyclic) bond motifs is 1. The molecular weight excluding hydrogens is 236 g/mol. The Morgan fingerprint density at radius 1 is 1.50 bits per heavy atom. The van der Waals surface area contributed by atoms with Crippen molar-refractivity contribution >= 4 is 22.8 Å². The summed E-state index contributed by atoms with van der Waals surface area (Å²) in [6.45, 7) is 1.89. The molecule has 0 fully saturated rings. The van der Waals surface area contributed by atoms with E-state index in [9.17, 15) is 4.79 Å². The van der Waals surface area contributed by atoms with Crippen molar-refractivity contribution in [1.29, 1.82) is 0 Å². The molecule has 1 aromatic carbocycles. The molecule has 0 amide bonds. The van der Waals surface area contributed by atoms with Crippen molar-refractivity contribution in [2.24, 2.45) is 5.16 Å². The largest absolute Gasteiger partial charge is 0.461 e. The van der Waals surface area contributed by atoms with Gasteiger partial charge in [-0.1, -0.05) is 17.3 Å². The molecule has 0 atom stereocenters. The highest BCUT2D eigenvalue weighted by Gasteiger charge is 2.17. The maximum absolute atomic E-state index is 11.4. The van der Waals surface area contributed by atoms with Gasteiger partial charge in [0, 0.05) is 0 Å². The second-order valence-electron chi connectivity index (χ2n) is 3.52. The summed E-state index contributed by atoms with van der Waals surface area (Å²) in [5, 5.41) is 11.7. The van der Waals surface area contributed by atoms with Crippen LogP contribution in [0.15, 0.2) is 33.8 Å². The van der Waals surface area contributed by atoms with Crippen molar-refractivity contribution < 1.29 is 19.2 Å². The zero-order chi connectivity index (χ0) is 13.0. The van der Waals surface area contributed by atoms with Gasteiger partial charge in [0.05, 0.1) is 13.0 Å². The summed E-state index contributed by atoms with van der Waals surface area (Å²) in [4.78, 5) is 15.6. The van der Waals surface area contributed by atoms with Gasteiger partial charge in [-0.3, -0.25) is 0 Å².